The molecular weight excluding hydrogens is 647 g/mol. The maximum atomic E-state index is 6.76. The molecule has 53 heavy (non-hydrogen) atoms. The second-order valence-corrected chi connectivity index (χ2v) is 18.7. The third kappa shape index (κ3) is 5.82. The quantitative estimate of drug-likeness (QED) is 0.168. The molecule has 3 aliphatic heterocycles. The number of anilines is 6. The molecule has 5 heteroatoms. The second kappa shape index (κ2) is 12.2. The zero-order valence-electron chi connectivity index (χ0n) is 33.9. The summed E-state index contributed by atoms with van der Waals surface area (Å²) in [5.74, 6) is 1.67. The van der Waals surface area contributed by atoms with E-state index in [4.69, 9.17) is 9.47 Å². The summed E-state index contributed by atoms with van der Waals surface area (Å²) in [4.78, 5) is 5.05. The Morgan fingerprint density at radius 3 is 1.74 bits per heavy atom. The molecule has 0 spiro atoms. The van der Waals surface area contributed by atoms with Crippen LogP contribution in [0.3, 0.4) is 0 Å². The van der Waals surface area contributed by atoms with Crippen LogP contribution in [-0.4, -0.2) is 19.9 Å². The van der Waals surface area contributed by atoms with Gasteiger partial charge in [0, 0.05) is 29.2 Å². The Morgan fingerprint density at radius 1 is 0.528 bits per heavy atom. The fourth-order valence-electron chi connectivity index (χ4n) is 8.67. The first-order valence-corrected chi connectivity index (χ1v) is 19.5. The maximum absolute atomic E-state index is 6.76. The van der Waals surface area contributed by atoms with E-state index in [2.05, 4.69) is 172 Å². The standard InChI is InChI=1S/C48H55BN2O2/c1-29-24-39-42-40(25-29)51(43-30(2)26-34(27-31(43)3)48(10,11)12)44-36(19-21-41-45(44)53-23-13-22-52-41)49(42)37-28-33(47(7,8)9)16-20-38(37)50(39)35-17-14-32(15-18-35)46(4,5)6/h14-21,24-28H,13,22-23H2,1-12H3. The van der Waals surface area contributed by atoms with Gasteiger partial charge < -0.3 is 19.3 Å². The Hall–Kier alpha value is -4.64. The van der Waals surface area contributed by atoms with Crippen molar-refractivity contribution in [2.75, 3.05) is 23.0 Å². The number of hydrogen-bond acceptors (Lipinski definition) is 4. The number of ether oxygens (including phenoxy) is 2. The Kier molecular flexibility index (Phi) is 8.15. The third-order valence-electron chi connectivity index (χ3n) is 11.5. The molecule has 272 valence electrons. The van der Waals surface area contributed by atoms with Gasteiger partial charge in [-0.05, 0) is 123 Å². The number of benzene rings is 5. The van der Waals surface area contributed by atoms with Crippen molar-refractivity contribution in [3.8, 4) is 11.5 Å². The predicted molar refractivity (Wildman–Crippen MR) is 226 cm³/mol. The first-order valence-electron chi connectivity index (χ1n) is 19.5. The molecule has 0 aromatic heterocycles. The fourth-order valence-corrected chi connectivity index (χ4v) is 8.67. The largest absolute Gasteiger partial charge is 0.489 e. The number of nitrogens with zero attached hydrogens (tertiary/aromatic N) is 2. The Balaban J connectivity index is 1.49. The molecule has 0 aliphatic carbocycles. The molecule has 3 aliphatic rings. The van der Waals surface area contributed by atoms with Gasteiger partial charge in [-0.25, -0.2) is 0 Å². The van der Waals surface area contributed by atoms with Crippen LogP contribution in [0.25, 0.3) is 0 Å². The summed E-state index contributed by atoms with van der Waals surface area (Å²) in [6.07, 6.45) is 0.853. The first kappa shape index (κ1) is 35.4. The first-order chi connectivity index (χ1) is 24.9. The second-order valence-electron chi connectivity index (χ2n) is 18.7. The van der Waals surface area contributed by atoms with Crippen molar-refractivity contribution in [3.63, 3.8) is 0 Å². The molecular formula is C48H55BN2O2. The van der Waals surface area contributed by atoms with Gasteiger partial charge in [0.25, 0.3) is 6.71 Å². The van der Waals surface area contributed by atoms with E-state index < -0.39 is 0 Å². The molecule has 8 rings (SSSR count). The average Bonchev–Trinajstić information content (AvgIpc) is 3.33. The van der Waals surface area contributed by atoms with E-state index in [1.54, 1.807) is 0 Å². The van der Waals surface area contributed by atoms with Gasteiger partial charge >= 0.3 is 0 Å². The predicted octanol–water partition coefficient (Wildman–Crippen LogP) is 10.7. The van der Waals surface area contributed by atoms with Crippen molar-refractivity contribution < 1.29 is 9.47 Å². The fraction of sp³-hybridized carbons (Fsp3) is 0.375. The number of rotatable bonds is 2. The van der Waals surface area contributed by atoms with Gasteiger partial charge in [0.15, 0.2) is 11.5 Å². The van der Waals surface area contributed by atoms with Crippen LogP contribution in [0.4, 0.5) is 34.1 Å². The van der Waals surface area contributed by atoms with Crippen LogP contribution in [-0.2, 0) is 16.2 Å². The van der Waals surface area contributed by atoms with E-state index in [0.717, 1.165) is 23.6 Å². The van der Waals surface area contributed by atoms with Gasteiger partial charge in [-0.3, -0.25) is 0 Å². The lowest BCUT2D eigenvalue weighted by molar-refractivity contribution is 0.297. The minimum atomic E-state index is -0.0120. The normalized spacial score (nSPS) is 15.1. The molecule has 0 fully saturated rings. The van der Waals surface area contributed by atoms with Crippen molar-refractivity contribution in [2.24, 2.45) is 0 Å². The molecule has 3 heterocycles. The summed E-state index contributed by atoms with van der Waals surface area (Å²) < 4.78 is 13.2. The summed E-state index contributed by atoms with van der Waals surface area (Å²) in [6, 6.07) is 30.5. The summed E-state index contributed by atoms with van der Waals surface area (Å²) >= 11 is 0. The van der Waals surface area contributed by atoms with Crippen molar-refractivity contribution in [1.82, 2.24) is 0 Å². The van der Waals surface area contributed by atoms with Crippen LogP contribution in [0, 0.1) is 20.8 Å². The molecule has 0 amide bonds. The van der Waals surface area contributed by atoms with E-state index in [1.165, 1.54) is 78.2 Å². The number of hydrogen-bond donors (Lipinski definition) is 0. The lowest BCUT2D eigenvalue weighted by Gasteiger charge is -2.45. The van der Waals surface area contributed by atoms with Gasteiger partial charge in [0.2, 0.25) is 0 Å². The van der Waals surface area contributed by atoms with Crippen molar-refractivity contribution in [2.45, 2.75) is 106 Å². The Bertz CT molecular complexity index is 2240. The highest BCUT2D eigenvalue weighted by molar-refractivity contribution is 7.00. The van der Waals surface area contributed by atoms with Crippen LogP contribution in [0.5, 0.6) is 11.5 Å². The third-order valence-corrected chi connectivity index (χ3v) is 11.5. The van der Waals surface area contributed by atoms with Crippen molar-refractivity contribution >= 4 is 57.2 Å². The smallest absolute Gasteiger partial charge is 0.252 e. The van der Waals surface area contributed by atoms with Crippen LogP contribution in [0.15, 0.2) is 78.9 Å². The minimum absolute atomic E-state index is 0.000798. The number of aryl methyl sites for hydroxylation is 3. The summed E-state index contributed by atoms with van der Waals surface area (Å²) in [5, 5.41) is 0. The lowest BCUT2D eigenvalue weighted by atomic mass is 9.33. The molecule has 0 N–H and O–H groups in total. The molecule has 0 radical (unpaired) electrons. The Labute approximate surface area is 318 Å². The van der Waals surface area contributed by atoms with Gasteiger partial charge in [0.1, 0.15) is 0 Å². The van der Waals surface area contributed by atoms with E-state index in [-0.39, 0.29) is 23.0 Å². The zero-order chi connectivity index (χ0) is 37.8. The monoisotopic (exact) mass is 702 g/mol. The molecule has 0 saturated carbocycles. The van der Waals surface area contributed by atoms with Crippen molar-refractivity contribution in [1.29, 1.82) is 0 Å². The maximum Gasteiger partial charge on any atom is 0.252 e. The minimum Gasteiger partial charge on any atom is -0.489 e. The molecule has 0 bridgehead atoms. The summed E-state index contributed by atoms with van der Waals surface area (Å²) in [6.45, 7) is 28.8. The van der Waals surface area contributed by atoms with Gasteiger partial charge in [-0.15, -0.1) is 0 Å². The van der Waals surface area contributed by atoms with Crippen LogP contribution in [0.2, 0.25) is 0 Å². The van der Waals surface area contributed by atoms with Gasteiger partial charge in [-0.2, -0.15) is 0 Å². The van der Waals surface area contributed by atoms with Crippen LogP contribution < -0.4 is 35.7 Å². The SMILES string of the molecule is Cc1cc2c3c(c1)N(c1c(C)cc(C(C)(C)C)cc1C)c1c(ccc4c1OCCCO4)B3c1cc(C(C)(C)C)ccc1N2c1ccc(C(C)(C)C)cc1. The van der Waals surface area contributed by atoms with E-state index >= 15 is 0 Å². The van der Waals surface area contributed by atoms with Crippen molar-refractivity contribution in [3.05, 3.63) is 112 Å². The van der Waals surface area contributed by atoms with Gasteiger partial charge in [0.05, 0.1) is 24.6 Å². The molecule has 5 aromatic rings. The molecule has 4 nitrogen and oxygen atoms in total. The lowest BCUT2D eigenvalue weighted by Crippen LogP contribution is -2.61. The molecule has 0 unspecified atom stereocenters. The van der Waals surface area contributed by atoms with E-state index in [1.807, 2.05) is 0 Å². The molecule has 0 atom stereocenters. The number of fused-ring (bicyclic) bond motifs is 6. The van der Waals surface area contributed by atoms with Crippen LogP contribution >= 0.6 is 0 Å². The van der Waals surface area contributed by atoms with Crippen LogP contribution in [0.1, 0.15) is 102 Å². The topological polar surface area (TPSA) is 24.9 Å². The molecule has 0 saturated heterocycles. The highest BCUT2D eigenvalue weighted by Gasteiger charge is 2.46. The average molecular weight is 703 g/mol. The van der Waals surface area contributed by atoms with Gasteiger partial charge in [-0.1, -0.05) is 105 Å². The zero-order valence-corrected chi connectivity index (χ0v) is 33.9. The Morgan fingerprint density at radius 2 is 1.11 bits per heavy atom. The summed E-state index contributed by atoms with van der Waals surface area (Å²) in [5.41, 5.74) is 18.9. The van der Waals surface area contributed by atoms with E-state index in [0.29, 0.717) is 13.2 Å². The molecule has 5 aromatic carbocycles. The summed E-state index contributed by atoms with van der Waals surface area (Å²) in [7, 11) is 0. The highest BCUT2D eigenvalue weighted by atomic mass is 16.5. The van der Waals surface area contributed by atoms with E-state index in [9.17, 15) is 0 Å². The highest BCUT2D eigenvalue weighted by Crippen LogP contribution is 2.51.